The molecule has 0 amide bonds. The van der Waals surface area contributed by atoms with Crippen LogP contribution in [0.3, 0.4) is 0 Å². The molecule has 0 radical (unpaired) electrons. The molecule has 0 aromatic heterocycles. The minimum Gasteiger partial charge on any atom is -0.384 e. The van der Waals surface area contributed by atoms with Crippen molar-refractivity contribution in [3.05, 3.63) is 35.5 Å². The molecule has 1 aliphatic carbocycles. The molecular formula is C22H36O2. The topological polar surface area (TPSA) is 21.8 Å². The Hall–Kier alpha value is -0.860. The van der Waals surface area contributed by atoms with Crippen LogP contribution in [0.25, 0.3) is 0 Å². The zero-order valence-electron chi connectivity index (χ0n) is 16.4. The Labute approximate surface area is 149 Å². The highest BCUT2D eigenvalue weighted by Crippen LogP contribution is 2.49. The molecule has 2 nitrogen and oxygen atoms in total. The van der Waals surface area contributed by atoms with Crippen molar-refractivity contribution in [3.63, 3.8) is 0 Å². The first-order chi connectivity index (χ1) is 11.4. The average molecular weight is 333 g/mol. The normalized spacial score (nSPS) is 39.6. The molecule has 0 aromatic carbocycles. The Morgan fingerprint density at radius 2 is 1.92 bits per heavy atom. The maximum atomic E-state index is 6.22. The van der Waals surface area contributed by atoms with Gasteiger partial charge in [0.1, 0.15) is 0 Å². The van der Waals surface area contributed by atoms with E-state index in [1.165, 1.54) is 23.1 Å². The van der Waals surface area contributed by atoms with Gasteiger partial charge in [-0.05, 0) is 72.1 Å². The summed E-state index contributed by atoms with van der Waals surface area (Å²) in [7, 11) is 1.80. The predicted molar refractivity (Wildman–Crippen MR) is 102 cm³/mol. The Balaban J connectivity index is 2.20. The number of ether oxygens (including phenoxy) is 2. The third-order valence-electron chi connectivity index (χ3n) is 5.85. The molecule has 24 heavy (non-hydrogen) atoms. The van der Waals surface area contributed by atoms with Crippen LogP contribution in [0.1, 0.15) is 66.2 Å². The van der Waals surface area contributed by atoms with E-state index in [0.29, 0.717) is 17.9 Å². The van der Waals surface area contributed by atoms with E-state index in [9.17, 15) is 0 Å². The minimum absolute atomic E-state index is 0.0165. The third-order valence-corrected chi connectivity index (χ3v) is 5.85. The van der Waals surface area contributed by atoms with E-state index in [1.807, 2.05) is 0 Å². The van der Waals surface area contributed by atoms with Crippen LogP contribution < -0.4 is 0 Å². The van der Waals surface area contributed by atoms with E-state index in [-0.39, 0.29) is 5.60 Å². The van der Waals surface area contributed by atoms with Gasteiger partial charge in [0.15, 0.2) is 0 Å². The maximum absolute atomic E-state index is 6.22. The van der Waals surface area contributed by atoms with Crippen LogP contribution >= 0.6 is 0 Å². The van der Waals surface area contributed by atoms with E-state index in [0.717, 1.165) is 38.7 Å². The molecule has 0 N–H and O–H groups in total. The fraction of sp³-hybridized carbons (Fsp3) is 0.727. The molecule has 0 bridgehead atoms. The quantitative estimate of drug-likeness (QED) is 0.478. The molecule has 136 valence electrons. The molecule has 4 atom stereocenters. The highest BCUT2D eigenvalue weighted by Gasteiger charge is 2.56. The first-order valence-electron chi connectivity index (χ1n) is 9.51. The summed E-state index contributed by atoms with van der Waals surface area (Å²) in [6.07, 6.45) is 12.0. The molecule has 2 heteroatoms. The largest absolute Gasteiger partial charge is 0.384 e. The maximum Gasteiger partial charge on any atom is 0.0927 e. The number of rotatable bonds is 3. The van der Waals surface area contributed by atoms with Crippen molar-refractivity contribution < 1.29 is 9.47 Å². The van der Waals surface area contributed by atoms with Gasteiger partial charge in [0, 0.05) is 13.0 Å². The molecule has 2 rings (SSSR count). The van der Waals surface area contributed by atoms with E-state index in [1.54, 1.807) is 7.11 Å². The molecule has 2 aliphatic rings. The second-order valence-corrected chi connectivity index (χ2v) is 8.14. The molecule has 1 heterocycles. The SMILES string of the molecule is C=C(C)C1CC/C(C)=C/CC/C(C)=C/CC[C@]2(C)O[C@H]2[C@@H]1COC. The Morgan fingerprint density at radius 3 is 2.58 bits per heavy atom. The summed E-state index contributed by atoms with van der Waals surface area (Å²) in [6.45, 7) is 14.0. The fourth-order valence-electron chi connectivity index (χ4n) is 4.17. The van der Waals surface area contributed by atoms with Gasteiger partial charge in [-0.2, -0.15) is 0 Å². The number of fused-ring (bicyclic) bond motifs is 1. The van der Waals surface area contributed by atoms with Gasteiger partial charge in [-0.25, -0.2) is 0 Å². The third kappa shape index (κ3) is 5.07. The van der Waals surface area contributed by atoms with Gasteiger partial charge in [-0.15, -0.1) is 0 Å². The van der Waals surface area contributed by atoms with E-state index < -0.39 is 0 Å². The number of hydrogen-bond donors (Lipinski definition) is 0. The highest BCUT2D eigenvalue weighted by molar-refractivity contribution is 5.13. The van der Waals surface area contributed by atoms with Gasteiger partial charge in [-0.3, -0.25) is 0 Å². The second-order valence-electron chi connectivity index (χ2n) is 8.14. The summed E-state index contributed by atoms with van der Waals surface area (Å²) in [6, 6.07) is 0. The van der Waals surface area contributed by atoms with Crippen LogP contribution in [0.4, 0.5) is 0 Å². The van der Waals surface area contributed by atoms with Gasteiger partial charge in [0.2, 0.25) is 0 Å². The van der Waals surface area contributed by atoms with E-state index in [2.05, 4.69) is 46.4 Å². The van der Waals surface area contributed by atoms with E-state index >= 15 is 0 Å². The minimum atomic E-state index is 0.0165. The lowest BCUT2D eigenvalue weighted by Crippen LogP contribution is -2.29. The van der Waals surface area contributed by atoms with Crippen LogP contribution in [0.2, 0.25) is 0 Å². The summed E-state index contributed by atoms with van der Waals surface area (Å²) < 4.78 is 11.8. The first-order valence-corrected chi connectivity index (χ1v) is 9.51. The first kappa shape index (κ1) is 19.5. The average Bonchev–Trinajstić information content (AvgIpc) is 3.16. The number of methoxy groups -OCH3 is 1. The summed E-state index contributed by atoms with van der Waals surface area (Å²) in [5.74, 6) is 0.888. The molecule has 1 aliphatic heterocycles. The Bertz CT molecular complexity index is 502. The van der Waals surface area contributed by atoms with Crippen LogP contribution in [0, 0.1) is 11.8 Å². The summed E-state index contributed by atoms with van der Waals surface area (Å²) >= 11 is 0. The van der Waals surface area contributed by atoms with Crippen molar-refractivity contribution in [3.8, 4) is 0 Å². The smallest absolute Gasteiger partial charge is 0.0927 e. The standard InChI is InChI=1S/C22H36O2/c1-16(2)19-13-12-18(4)10-7-9-17(3)11-8-14-22(5)21(24-22)20(19)15-23-6/h10-11,19-21H,1,7-9,12-15H2,2-6H3/b17-11+,18-10+/t19?,20-,21+,22+/m1/s1. The zero-order chi connectivity index (χ0) is 17.7. The number of allylic oxidation sites excluding steroid dienone is 5. The Kier molecular flexibility index (Phi) is 6.88. The lowest BCUT2D eigenvalue weighted by atomic mass is 9.78. The van der Waals surface area contributed by atoms with Crippen molar-refractivity contribution in [2.45, 2.75) is 77.9 Å². The monoisotopic (exact) mass is 332 g/mol. The number of hydrogen-bond acceptors (Lipinski definition) is 2. The molecule has 1 unspecified atom stereocenters. The summed E-state index contributed by atoms with van der Waals surface area (Å²) in [4.78, 5) is 0. The van der Waals surface area contributed by atoms with Crippen LogP contribution in [0.5, 0.6) is 0 Å². The van der Waals surface area contributed by atoms with Crippen LogP contribution in [-0.2, 0) is 9.47 Å². The van der Waals surface area contributed by atoms with Crippen molar-refractivity contribution in [1.29, 1.82) is 0 Å². The summed E-state index contributed by atoms with van der Waals surface area (Å²) in [5.41, 5.74) is 4.29. The molecule has 0 aromatic rings. The lowest BCUT2D eigenvalue weighted by molar-refractivity contribution is 0.106. The van der Waals surface area contributed by atoms with E-state index in [4.69, 9.17) is 9.47 Å². The lowest BCUT2D eigenvalue weighted by Gasteiger charge is -2.27. The zero-order valence-corrected chi connectivity index (χ0v) is 16.4. The highest BCUT2D eigenvalue weighted by atomic mass is 16.6. The molecular weight excluding hydrogens is 296 g/mol. The second kappa shape index (κ2) is 8.49. The van der Waals surface area contributed by atoms with Gasteiger partial charge in [-0.1, -0.05) is 35.5 Å². The fourth-order valence-corrected chi connectivity index (χ4v) is 4.17. The van der Waals surface area contributed by atoms with Crippen molar-refractivity contribution in [2.24, 2.45) is 11.8 Å². The predicted octanol–water partition coefficient (Wildman–Crippen LogP) is 5.85. The molecule has 0 spiro atoms. The van der Waals surface area contributed by atoms with Crippen molar-refractivity contribution in [2.75, 3.05) is 13.7 Å². The number of epoxide rings is 1. The van der Waals surface area contributed by atoms with Gasteiger partial charge < -0.3 is 9.47 Å². The van der Waals surface area contributed by atoms with Crippen LogP contribution in [-0.4, -0.2) is 25.4 Å². The molecule has 1 fully saturated rings. The van der Waals surface area contributed by atoms with Crippen LogP contribution in [0.15, 0.2) is 35.5 Å². The van der Waals surface area contributed by atoms with Gasteiger partial charge in [0.05, 0.1) is 18.3 Å². The van der Waals surface area contributed by atoms with Crippen molar-refractivity contribution in [1.82, 2.24) is 0 Å². The Morgan fingerprint density at radius 1 is 1.25 bits per heavy atom. The molecule has 1 saturated heterocycles. The van der Waals surface area contributed by atoms with Gasteiger partial charge >= 0.3 is 0 Å². The summed E-state index contributed by atoms with van der Waals surface area (Å²) in [5, 5.41) is 0. The molecule has 0 saturated carbocycles. The van der Waals surface area contributed by atoms with Crippen molar-refractivity contribution >= 4 is 0 Å². The van der Waals surface area contributed by atoms with Gasteiger partial charge in [0.25, 0.3) is 0 Å².